The van der Waals surface area contributed by atoms with Gasteiger partial charge in [0.15, 0.2) is 12.1 Å². The topological polar surface area (TPSA) is 34.1 Å². The zero-order valence-corrected chi connectivity index (χ0v) is 10.2. The van der Waals surface area contributed by atoms with E-state index in [4.69, 9.17) is 11.6 Å². The first-order chi connectivity index (χ1) is 6.69. The van der Waals surface area contributed by atoms with E-state index in [0.717, 1.165) is 9.86 Å². The Labute approximate surface area is 101 Å². The first-order valence-corrected chi connectivity index (χ1v) is 5.64. The highest BCUT2D eigenvalue weighted by molar-refractivity contribution is 14.1. The van der Waals surface area contributed by atoms with Crippen molar-refractivity contribution in [1.82, 2.24) is 0 Å². The number of Topliss-reactive ketones (excluding diaryl/α,β-unsaturated/α-hetero) is 1. The van der Waals surface area contributed by atoms with Crippen LogP contribution in [0.1, 0.15) is 27.1 Å². The smallest absolute Gasteiger partial charge is 0.164 e. The van der Waals surface area contributed by atoms with Crippen LogP contribution in [-0.2, 0) is 0 Å². The molecule has 0 N–H and O–H groups in total. The van der Waals surface area contributed by atoms with Gasteiger partial charge in [-0.15, -0.1) is 11.6 Å². The third-order valence-corrected chi connectivity index (χ3v) is 2.89. The summed E-state index contributed by atoms with van der Waals surface area (Å²) in [4.78, 5) is 21.9. The zero-order chi connectivity index (χ0) is 10.6. The summed E-state index contributed by atoms with van der Waals surface area (Å²) < 4.78 is 0.790. The molecule has 0 bridgehead atoms. The van der Waals surface area contributed by atoms with Crippen LogP contribution < -0.4 is 0 Å². The molecule has 1 rings (SSSR count). The van der Waals surface area contributed by atoms with Crippen LogP contribution in [0.4, 0.5) is 0 Å². The lowest BCUT2D eigenvalue weighted by atomic mass is 10.1. The molecule has 0 fully saturated rings. The van der Waals surface area contributed by atoms with Crippen LogP contribution >= 0.6 is 34.2 Å². The van der Waals surface area contributed by atoms with Gasteiger partial charge in [-0.3, -0.25) is 9.59 Å². The van der Waals surface area contributed by atoms with E-state index in [2.05, 4.69) is 0 Å². The van der Waals surface area contributed by atoms with Crippen LogP contribution in [0.5, 0.6) is 0 Å². The Morgan fingerprint density at radius 3 is 2.71 bits per heavy atom. The molecule has 0 heterocycles. The van der Waals surface area contributed by atoms with E-state index in [-0.39, 0.29) is 5.78 Å². The van der Waals surface area contributed by atoms with Gasteiger partial charge in [-0.05, 0) is 34.7 Å². The lowest BCUT2D eigenvalue weighted by Gasteiger charge is -2.01. The molecule has 1 aromatic rings. The predicted octanol–water partition coefficient (Wildman–Crippen LogP) is 2.92. The molecule has 0 unspecified atom stereocenters. The molecule has 0 saturated carbocycles. The van der Waals surface area contributed by atoms with Crippen molar-refractivity contribution >= 4 is 46.3 Å². The molecule has 1 aromatic carbocycles. The van der Waals surface area contributed by atoms with Crippen LogP contribution in [0.25, 0.3) is 0 Å². The monoisotopic (exact) mass is 322 g/mol. The van der Waals surface area contributed by atoms with Crippen molar-refractivity contribution in [2.75, 3.05) is 5.88 Å². The largest absolute Gasteiger partial charge is 0.298 e. The van der Waals surface area contributed by atoms with Gasteiger partial charge in [0.1, 0.15) is 0 Å². The maximum absolute atomic E-state index is 11.4. The molecule has 0 atom stereocenters. The number of hydrogen-bond donors (Lipinski definition) is 0. The first-order valence-electron chi connectivity index (χ1n) is 4.03. The van der Waals surface area contributed by atoms with E-state index >= 15 is 0 Å². The van der Waals surface area contributed by atoms with Crippen LogP contribution in [0.15, 0.2) is 18.2 Å². The van der Waals surface area contributed by atoms with E-state index in [9.17, 15) is 9.59 Å². The average Bonchev–Trinajstić information content (AvgIpc) is 2.18. The van der Waals surface area contributed by atoms with Gasteiger partial charge in [0, 0.05) is 27.0 Å². The maximum atomic E-state index is 11.4. The van der Waals surface area contributed by atoms with Crippen LogP contribution in [0.3, 0.4) is 0 Å². The van der Waals surface area contributed by atoms with Crippen LogP contribution in [0.2, 0.25) is 0 Å². The number of rotatable bonds is 4. The third-order valence-electron chi connectivity index (χ3n) is 1.77. The summed E-state index contributed by atoms with van der Waals surface area (Å²) >= 11 is 7.50. The molecular formula is C10H8ClIO2. The van der Waals surface area contributed by atoms with E-state index in [1.807, 2.05) is 22.6 Å². The van der Waals surface area contributed by atoms with Crippen molar-refractivity contribution in [1.29, 1.82) is 0 Å². The summed E-state index contributed by atoms with van der Waals surface area (Å²) in [6, 6.07) is 5.01. The van der Waals surface area contributed by atoms with Gasteiger partial charge in [-0.25, -0.2) is 0 Å². The molecule has 0 aliphatic carbocycles. The average molecular weight is 323 g/mol. The SMILES string of the molecule is O=Cc1ccc(C(=O)CCCl)cc1I. The molecule has 0 amide bonds. The highest BCUT2D eigenvalue weighted by Gasteiger charge is 2.07. The van der Waals surface area contributed by atoms with Gasteiger partial charge in [-0.1, -0.05) is 6.07 Å². The summed E-state index contributed by atoms with van der Waals surface area (Å²) in [6.07, 6.45) is 1.11. The quantitative estimate of drug-likeness (QED) is 0.370. The summed E-state index contributed by atoms with van der Waals surface area (Å²) in [5.74, 6) is 0.334. The highest BCUT2D eigenvalue weighted by atomic mass is 127. The molecule has 0 aliphatic rings. The van der Waals surface area contributed by atoms with Gasteiger partial charge < -0.3 is 0 Å². The minimum absolute atomic E-state index is 0.00960. The van der Waals surface area contributed by atoms with Crippen molar-refractivity contribution in [3.8, 4) is 0 Å². The van der Waals surface area contributed by atoms with Crippen molar-refractivity contribution in [3.63, 3.8) is 0 Å². The number of benzene rings is 1. The Hall–Kier alpha value is -0.420. The van der Waals surface area contributed by atoms with Gasteiger partial charge in [0.25, 0.3) is 0 Å². The lowest BCUT2D eigenvalue weighted by Crippen LogP contribution is -2.01. The van der Waals surface area contributed by atoms with Crippen molar-refractivity contribution in [2.24, 2.45) is 0 Å². The van der Waals surface area contributed by atoms with Crippen molar-refractivity contribution in [2.45, 2.75) is 6.42 Å². The Morgan fingerprint density at radius 2 is 2.21 bits per heavy atom. The fourth-order valence-electron chi connectivity index (χ4n) is 1.03. The van der Waals surface area contributed by atoms with E-state index in [1.165, 1.54) is 0 Å². The second-order valence-electron chi connectivity index (χ2n) is 2.72. The Kier molecular flexibility index (Phi) is 4.54. The number of carbonyl (C=O) groups is 2. The number of alkyl halides is 1. The molecule has 0 saturated heterocycles. The number of carbonyl (C=O) groups excluding carboxylic acids is 2. The standard InChI is InChI=1S/C10H8ClIO2/c11-4-3-10(14)7-1-2-8(6-13)9(12)5-7/h1-2,5-6H,3-4H2. The summed E-state index contributed by atoms with van der Waals surface area (Å²) in [6.45, 7) is 0. The fraction of sp³-hybridized carbons (Fsp3) is 0.200. The molecule has 4 heteroatoms. The van der Waals surface area contributed by atoms with E-state index in [1.54, 1.807) is 18.2 Å². The van der Waals surface area contributed by atoms with E-state index in [0.29, 0.717) is 23.4 Å². The minimum Gasteiger partial charge on any atom is -0.298 e. The minimum atomic E-state index is 0.00960. The Morgan fingerprint density at radius 1 is 1.50 bits per heavy atom. The van der Waals surface area contributed by atoms with Gasteiger partial charge >= 0.3 is 0 Å². The van der Waals surface area contributed by atoms with Gasteiger partial charge in [0.05, 0.1) is 0 Å². The van der Waals surface area contributed by atoms with E-state index < -0.39 is 0 Å². The molecule has 0 spiro atoms. The number of ketones is 1. The molecule has 2 nitrogen and oxygen atoms in total. The Bertz CT molecular complexity index is 363. The fourth-order valence-corrected chi connectivity index (χ4v) is 1.84. The normalized spacial score (nSPS) is 9.86. The number of aldehydes is 1. The van der Waals surface area contributed by atoms with Crippen molar-refractivity contribution < 1.29 is 9.59 Å². The second-order valence-corrected chi connectivity index (χ2v) is 4.26. The third kappa shape index (κ3) is 2.78. The molecular weight excluding hydrogens is 314 g/mol. The highest BCUT2D eigenvalue weighted by Crippen LogP contribution is 2.14. The zero-order valence-electron chi connectivity index (χ0n) is 7.30. The second kappa shape index (κ2) is 5.46. The first kappa shape index (κ1) is 11.7. The molecule has 74 valence electrons. The summed E-state index contributed by atoms with van der Waals surface area (Å²) in [5, 5.41) is 0. The number of halogens is 2. The molecule has 14 heavy (non-hydrogen) atoms. The molecule has 0 radical (unpaired) electrons. The maximum Gasteiger partial charge on any atom is 0.164 e. The molecule has 0 aliphatic heterocycles. The predicted molar refractivity (Wildman–Crippen MR) is 64.2 cm³/mol. The van der Waals surface area contributed by atoms with Gasteiger partial charge in [0.2, 0.25) is 0 Å². The van der Waals surface area contributed by atoms with Crippen LogP contribution in [0, 0.1) is 3.57 Å². The number of hydrogen-bond acceptors (Lipinski definition) is 2. The van der Waals surface area contributed by atoms with Crippen LogP contribution in [-0.4, -0.2) is 17.9 Å². The Balaban J connectivity index is 2.96. The summed E-state index contributed by atoms with van der Waals surface area (Å²) in [7, 11) is 0. The molecule has 0 aromatic heterocycles. The van der Waals surface area contributed by atoms with Gasteiger partial charge in [-0.2, -0.15) is 0 Å². The van der Waals surface area contributed by atoms with Crippen molar-refractivity contribution in [3.05, 3.63) is 32.9 Å². The summed E-state index contributed by atoms with van der Waals surface area (Å²) in [5.41, 5.74) is 1.22. The lowest BCUT2D eigenvalue weighted by molar-refractivity contribution is 0.0988.